The average molecular weight is 265 g/mol. The fraction of sp³-hybridized carbons (Fsp3) is 0.462. The van der Waals surface area contributed by atoms with E-state index in [-0.39, 0.29) is 23.8 Å². The van der Waals surface area contributed by atoms with Crippen LogP contribution in [0.15, 0.2) is 18.5 Å². The van der Waals surface area contributed by atoms with E-state index >= 15 is 0 Å². The number of aromatic nitrogens is 1. The normalized spacial score (nSPS) is 18.1. The van der Waals surface area contributed by atoms with Crippen molar-refractivity contribution >= 4 is 11.9 Å². The topological polar surface area (TPSA) is 74.7 Å². The minimum absolute atomic E-state index is 0.0271. The van der Waals surface area contributed by atoms with Crippen LogP contribution in [0.2, 0.25) is 0 Å². The Morgan fingerprint density at radius 3 is 2.74 bits per heavy atom. The number of ether oxygens (including phenoxy) is 3. The minimum Gasteiger partial charge on any atom is -0.465 e. The molecule has 1 unspecified atom stereocenters. The van der Waals surface area contributed by atoms with Gasteiger partial charge in [-0.05, 0) is 18.9 Å². The highest BCUT2D eigenvalue weighted by Gasteiger charge is 2.19. The molecule has 1 aromatic rings. The molecule has 1 atom stereocenters. The number of carbonyl (C=O) groups excluding carboxylic acids is 2. The summed E-state index contributed by atoms with van der Waals surface area (Å²) in [5.41, 5.74) is 0.440. The van der Waals surface area contributed by atoms with Crippen molar-refractivity contribution in [3.05, 3.63) is 29.6 Å². The first-order valence-electron chi connectivity index (χ1n) is 6.03. The Kier molecular flexibility index (Phi) is 4.46. The van der Waals surface area contributed by atoms with E-state index in [1.54, 1.807) is 0 Å². The molecule has 1 saturated heterocycles. The molecule has 6 heteroatoms. The highest BCUT2D eigenvalue weighted by molar-refractivity contribution is 5.94. The number of rotatable bonds is 4. The first kappa shape index (κ1) is 13.5. The molecule has 1 fully saturated rings. The summed E-state index contributed by atoms with van der Waals surface area (Å²) in [6.07, 6.45) is 4.54. The molecule has 1 aromatic heterocycles. The molecule has 102 valence electrons. The summed E-state index contributed by atoms with van der Waals surface area (Å²) in [6, 6.07) is 1.40. The molecular weight excluding hydrogens is 250 g/mol. The predicted octanol–water partition coefficient (Wildman–Crippen LogP) is 1.20. The van der Waals surface area contributed by atoms with Crippen molar-refractivity contribution in [2.75, 3.05) is 20.3 Å². The van der Waals surface area contributed by atoms with Crippen molar-refractivity contribution in [1.82, 2.24) is 4.98 Å². The fourth-order valence-electron chi connectivity index (χ4n) is 1.81. The van der Waals surface area contributed by atoms with Crippen molar-refractivity contribution < 1.29 is 23.8 Å². The summed E-state index contributed by atoms with van der Waals surface area (Å²) in [5.74, 6) is -1.06. The Morgan fingerprint density at radius 1 is 1.37 bits per heavy atom. The van der Waals surface area contributed by atoms with Crippen molar-refractivity contribution in [3.8, 4) is 0 Å². The largest absolute Gasteiger partial charge is 0.465 e. The lowest BCUT2D eigenvalue weighted by atomic mass is 10.2. The van der Waals surface area contributed by atoms with E-state index in [1.165, 1.54) is 25.6 Å². The van der Waals surface area contributed by atoms with Crippen LogP contribution in [0.1, 0.15) is 33.6 Å². The second-order valence-corrected chi connectivity index (χ2v) is 4.19. The molecule has 0 bridgehead atoms. The van der Waals surface area contributed by atoms with Crippen LogP contribution in [0, 0.1) is 0 Å². The summed E-state index contributed by atoms with van der Waals surface area (Å²) < 4.78 is 15.0. The van der Waals surface area contributed by atoms with Crippen molar-refractivity contribution in [1.29, 1.82) is 0 Å². The highest BCUT2D eigenvalue weighted by atomic mass is 16.6. The van der Waals surface area contributed by atoms with E-state index < -0.39 is 11.9 Å². The maximum atomic E-state index is 11.8. The molecule has 2 heterocycles. The lowest BCUT2D eigenvalue weighted by Crippen LogP contribution is -2.18. The zero-order valence-corrected chi connectivity index (χ0v) is 10.6. The van der Waals surface area contributed by atoms with Crippen LogP contribution in [-0.2, 0) is 14.2 Å². The summed E-state index contributed by atoms with van der Waals surface area (Å²) >= 11 is 0. The van der Waals surface area contributed by atoms with Crippen LogP contribution in [0.4, 0.5) is 0 Å². The third-order valence-corrected chi connectivity index (χ3v) is 2.82. The zero-order valence-electron chi connectivity index (χ0n) is 10.6. The monoisotopic (exact) mass is 265 g/mol. The maximum absolute atomic E-state index is 11.8. The van der Waals surface area contributed by atoms with Gasteiger partial charge in [-0.3, -0.25) is 4.98 Å². The molecule has 19 heavy (non-hydrogen) atoms. The Morgan fingerprint density at radius 2 is 2.11 bits per heavy atom. The zero-order chi connectivity index (χ0) is 13.7. The van der Waals surface area contributed by atoms with Crippen molar-refractivity contribution in [2.24, 2.45) is 0 Å². The standard InChI is InChI=1S/C13H15NO5/c1-17-12(15)9-5-10(7-14-6-9)13(16)19-8-11-3-2-4-18-11/h5-7,11H,2-4,8H2,1H3. The van der Waals surface area contributed by atoms with Crippen molar-refractivity contribution in [3.63, 3.8) is 0 Å². The summed E-state index contributed by atoms with van der Waals surface area (Å²) in [7, 11) is 1.27. The predicted molar refractivity (Wildman–Crippen MR) is 64.8 cm³/mol. The fourth-order valence-corrected chi connectivity index (χ4v) is 1.81. The lowest BCUT2D eigenvalue weighted by Gasteiger charge is -2.10. The second-order valence-electron chi connectivity index (χ2n) is 4.19. The number of pyridine rings is 1. The van der Waals surface area contributed by atoms with Gasteiger partial charge in [0.15, 0.2) is 0 Å². The van der Waals surface area contributed by atoms with E-state index in [4.69, 9.17) is 9.47 Å². The van der Waals surface area contributed by atoms with Crippen LogP contribution in [0.5, 0.6) is 0 Å². The summed E-state index contributed by atoms with van der Waals surface area (Å²) in [4.78, 5) is 26.9. The molecular formula is C13H15NO5. The van der Waals surface area contributed by atoms with Gasteiger partial charge in [-0.25, -0.2) is 9.59 Å². The number of hydrogen-bond acceptors (Lipinski definition) is 6. The first-order valence-corrected chi connectivity index (χ1v) is 6.03. The van der Waals surface area contributed by atoms with Crippen LogP contribution < -0.4 is 0 Å². The smallest absolute Gasteiger partial charge is 0.339 e. The number of carbonyl (C=O) groups is 2. The number of methoxy groups -OCH3 is 1. The second kappa shape index (κ2) is 6.29. The Labute approximate surface area is 110 Å². The highest BCUT2D eigenvalue weighted by Crippen LogP contribution is 2.13. The van der Waals surface area contributed by atoms with Crippen LogP contribution in [-0.4, -0.2) is 43.4 Å². The third-order valence-electron chi connectivity index (χ3n) is 2.82. The van der Waals surface area contributed by atoms with E-state index in [9.17, 15) is 9.59 Å². The maximum Gasteiger partial charge on any atom is 0.339 e. The molecule has 2 rings (SSSR count). The first-order chi connectivity index (χ1) is 9.20. The van der Waals surface area contributed by atoms with E-state index in [0.717, 1.165) is 12.8 Å². The van der Waals surface area contributed by atoms with Gasteiger partial charge in [-0.1, -0.05) is 0 Å². The molecule has 0 aliphatic carbocycles. The molecule has 0 aromatic carbocycles. The van der Waals surface area contributed by atoms with Gasteiger partial charge >= 0.3 is 11.9 Å². The van der Waals surface area contributed by atoms with Crippen LogP contribution >= 0.6 is 0 Å². The van der Waals surface area contributed by atoms with Gasteiger partial charge in [0.25, 0.3) is 0 Å². The van der Waals surface area contributed by atoms with E-state index in [0.29, 0.717) is 6.61 Å². The molecule has 1 aliphatic rings. The minimum atomic E-state index is -0.540. The molecule has 0 N–H and O–H groups in total. The van der Waals surface area contributed by atoms with Gasteiger partial charge in [0, 0.05) is 19.0 Å². The van der Waals surface area contributed by atoms with Crippen molar-refractivity contribution in [2.45, 2.75) is 18.9 Å². The SMILES string of the molecule is COC(=O)c1cncc(C(=O)OCC2CCCO2)c1. The Hall–Kier alpha value is -1.95. The molecule has 6 nitrogen and oxygen atoms in total. The molecule has 0 radical (unpaired) electrons. The number of hydrogen-bond donors (Lipinski definition) is 0. The molecule has 0 amide bonds. The molecule has 0 spiro atoms. The quantitative estimate of drug-likeness (QED) is 0.762. The third kappa shape index (κ3) is 3.51. The summed E-state index contributed by atoms with van der Waals surface area (Å²) in [6.45, 7) is 0.933. The molecule has 1 aliphatic heterocycles. The van der Waals surface area contributed by atoms with Gasteiger partial charge in [-0.2, -0.15) is 0 Å². The molecule has 0 saturated carbocycles. The lowest BCUT2D eigenvalue weighted by molar-refractivity contribution is 0.0161. The Balaban J connectivity index is 1.96. The van der Waals surface area contributed by atoms with Gasteiger partial charge in [0.1, 0.15) is 6.61 Å². The number of esters is 2. The van der Waals surface area contributed by atoms with Gasteiger partial charge < -0.3 is 14.2 Å². The van der Waals surface area contributed by atoms with Gasteiger partial charge in [-0.15, -0.1) is 0 Å². The van der Waals surface area contributed by atoms with Crippen LogP contribution in [0.25, 0.3) is 0 Å². The number of nitrogens with zero attached hydrogens (tertiary/aromatic N) is 1. The van der Waals surface area contributed by atoms with Gasteiger partial charge in [0.2, 0.25) is 0 Å². The Bertz CT molecular complexity index is 468. The van der Waals surface area contributed by atoms with E-state index in [2.05, 4.69) is 9.72 Å². The van der Waals surface area contributed by atoms with Gasteiger partial charge in [0.05, 0.1) is 24.3 Å². The van der Waals surface area contributed by atoms with Crippen LogP contribution in [0.3, 0.4) is 0 Å². The summed E-state index contributed by atoms with van der Waals surface area (Å²) in [5, 5.41) is 0. The average Bonchev–Trinajstić information content (AvgIpc) is 2.97. The van der Waals surface area contributed by atoms with E-state index in [1.807, 2.05) is 0 Å².